The van der Waals surface area contributed by atoms with E-state index in [1.54, 1.807) is 33.2 Å². The number of ether oxygens (including phenoxy) is 4. The van der Waals surface area contributed by atoms with Crippen LogP contribution in [0, 0.1) is 10.1 Å². The van der Waals surface area contributed by atoms with E-state index >= 15 is 0 Å². The molecular formula is C24H23N3O7. The molecule has 0 aliphatic heterocycles. The number of hydrogen-bond acceptors (Lipinski definition) is 8. The van der Waals surface area contributed by atoms with Gasteiger partial charge < -0.3 is 23.9 Å². The van der Waals surface area contributed by atoms with E-state index in [4.69, 9.17) is 18.9 Å². The Kier molecular flexibility index (Phi) is 6.33. The summed E-state index contributed by atoms with van der Waals surface area (Å²) in [7, 11) is 2.96. The summed E-state index contributed by atoms with van der Waals surface area (Å²) in [6, 6.07) is 9.54. The standard InChI is InChI=1S/C24H23N3O7/c1-13(2)33-24(28)23-17(12-31-3)22-16-10-15(6-7-18(16)26-19(22)11-25-23)34-20-8-5-14(27(29)30)9-21(20)32-4/h5-11,13,26H,12H2,1-4H3. The summed E-state index contributed by atoms with van der Waals surface area (Å²) < 4.78 is 22.0. The fourth-order valence-corrected chi connectivity index (χ4v) is 3.71. The minimum absolute atomic E-state index is 0.103. The van der Waals surface area contributed by atoms with Gasteiger partial charge in [-0.25, -0.2) is 9.78 Å². The second-order valence-corrected chi connectivity index (χ2v) is 7.79. The molecule has 10 nitrogen and oxygen atoms in total. The second kappa shape index (κ2) is 9.36. The number of fused-ring (bicyclic) bond motifs is 3. The molecular weight excluding hydrogens is 442 g/mol. The van der Waals surface area contributed by atoms with Gasteiger partial charge in [0.15, 0.2) is 17.2 Å². The summed E-state index contributed by atoms with van der Waals surface area (Å²) in [6.07, 6.45) is 1.30. The van der Waals surface area contributed by atoms with Gasteiger partial charge in [-0.05, 0) is 38.1 Å². The van der Waals surface area contributed by atoms with E-state index in [1.165, 1.54) is 25.3 Å². The summed E-state index contributed by atoms with van der Waals surface area (Å²) in [5, 5.41) is 12.6. The van der Waals surface area contributed by atoms with Crippen molar-refractivity contribution in [3.63, 3.8) is 0 Å². The SMILES string of the molecule is COCc1c(C(=O)OC(C)C)ncc2[nH]c3ccc(Oc4ccc([N+](=O)[O-])cc4OC)cc3c12. The molecule has 10 heteroatoms. The lowest BCUT2D eigenvalue weighted by atomic mass is 10.1. The highest BCUT2D eigenvalue weighted by Crippen LogP contribution is 2.37. The molecule has 0 unspecified atom stereocenters. The number of benzene rings is 2. The average molecular weight is 465 g/mol. The third-order valence-electron chi connectivity index (χ3n) is 5.12. The van der Waals surface area contributed by atoms with Gasteiger partial charge in [-0.1, -0.05) is 0 Å². The Bertz CT molecular complexity index is 1390. The largest absolute Gasteiger partial charge is 0.493 e. The Balaban J connectivity index is 1.82. The Morgan fingerprint density at radius 1 is 1.12 bits per heavy atom. The zero-order valence-electron chi connectivity index (χ0n) is 19.1. The summed E-state index contributed by atoms with van der Waals surface area (Å²) >= 11 is 0. The van der Waals surface area contributed by atoms with Crippen molar-refractivity contribution in [1.82, 2.24) is 9.97 Å². The van der Waals surface area contributed by atoms with Crippen LogP contribution in [0.3, 0.4) is 0 Å². The number of esters is 1. The van der Waals surface area contributed by atoms with Crippen molar-refractivity contribution >= 4 is 33.5 Å². The minimum atomic E-state index is -0.527. The van der Waals surface area contributed by atoms with Crippen LogP contribution >= 0.6 is 0 Å². The summed E-state index contributed by atoms with van der Waals surface area (Å²) in [5.41, 5.74) is 2.22. The molecule has 0 atom stereocenters. The molecule has 0 bridgehead atoms. The average Bonchev–Trinajstić information content (AvgIpc) is 3.17. The number of nitrogens with zero attached hydrogens (tertiary/aromatic N) is 2. The Morgan fingerprint density at radius 2 is 1.91 bits per heavy atom. The van der Waals surface area contributed by atoms with Gasteiger partial charge in [0.05, 0.1) is 42.5 Å². The highest BCUT2D eigenvalue weighted by molar-refractivity contribution is 6.11. The molecule has 0 amide bonds. The summed E-state index contributed by atoms with van der Waals surface area (Å²) in [5.74, 6) is 0.511. The van der Waals surface area contributed by atoms with Gasteiger partial charge in [0.1, 0.15) is 5.75 Å². The van der Waals surface area contributed by atoms with Crippen molar-refractivity contribution in [2.75, 3.05) is 14.2 Å². The molecule has 0 spiro atoms. The Hall–Kier alpha value is -4.18. The van der Waals surface area contributed by atoms with Crippen LogP contribution < -0.4 is 9.47 Å². The molecule has 1 N–H and O–H groups in total. The molecule has 0 aliphatic carbocycles. The quantitative estimate of drug-likeness (QED) is 0.215. The fraction of sp³-hybridized carbons (Fsp3) is 0.250. The van der Waals surface area contributed by atoms with Crippen molar-refractivity contribution < 1.29 is 28.7 Å². The lowest BCUT2D eigenvalue weighted by molar-refractivity contribution is -0.384. The fourth-order valence-electron chi connectivity index (χ4n) is 3.71. The van der Waals surface area contributed by atoms with Crippen molar-refractivity contribution in [3.05, 3.63) is 64.0 Å². The van der Waals surface area contributed by atoms with Crippen LogP contribution in [0.1, 0.15) is 29.9 Å². The maximum Gasteiger partial charge on any atom is 0.357 e. The van der Waals surface area contributed by atoms with E-state index in [0.29, 0.717) is 17.1 Å². The first-order chi connectivity index (χ1) is 16.3. The first-order valence-corrected chi connectivity index (χ1v) is 10.5. The first-order valence-electron chi connectivity index (χ1n) is 10.5. The van der Waals surface area contributed by atoms with Crippen LogP contribution in [-0.2, 0) is 16.1 Å². The lowest BCUT2D eigenvalue weighted by Crippen LogP contribution is -2.15. The normalized spacial score (nSPS) is 11.2. The predicted molar refractivity (Wildman–Crippen MR) is 125 cm³/mol. The molecule has 176 valence electrons. The van der Waals surface area contributed by atoms with Crippen molar-refractivity contribution in [2.24, 2.45) is 0 Å². The van der Waals surface area contributed by atoms with E-state index in [1.807, 2.05) is 12.1 Å². The molecule has 0 fully saturated rings. The number of aromatic amines is 1. The van der Waals surface area contributed by atoms with Crippen molar-refractivity contribution in [2.45, 2.75) is 26.6 Å². The lowest BCUT2D eigenvalue weighted by Gasteiger charge is -2.12. The van der Waals surface area contributed by atoms with E-state index < -0.39 is 10.9 Å². The van der Waals surface area contributed by atoms with E-state index in [2.05, 4.69) is 9.97 Å². The van der Waals surface area contributed by atoms with Crippen molar-refractivity contribution in [3.8, 4) is 17.2 Å². The van der Waals surface area contributed by atoms with E-state index in [0.717, 1.165) is 21.8 Å². The van der Waals surface area contributed by atoms with Crippen LogP contribution in [0.25, 0.3) is 21.8 Å². The van der Waals surface area contributed by atoms with Gasteiger partial charge in [-0.15, -0.1) is 0 Å². The Labute approximate surface area is 194 Å². The number of nitro groups is 1. The number of nitro benzene ring substituents is 1. The highest BCUT2D eigenvalue weighted by Gasteiger charge is 2.22. The number of H-pyrrole nitrogens is 1. The molecule has 2 heterocycles. The molecule has 4 rings (SSSR count). The molecule has 2 aromatic heterocycles. The maximum atomic E-state index is 12.7. The van der Waals surface area contributed by atoms with Crippen LogP contribution in [0.5, 0.6) is 17.2 Å². The molecule has 34 heavy (non-hydrogen) atoms. The van der Waals surface area contributed by atoms with Gasteiger partial charge in [0, 0.05) is 35.0 Å². The monoisotopic (exact) mass is 465 g/mol. The van der Waals surface area contributed by atoms with Crippen LogP contribution in [0.4, 0.5) is 5.69 Å². The van der Waals surface area contributed by atoms with Gasteiger partial charge in [-0.2, -0.15) is 0 Å². The number of aromatic nitrogens is 2. The number of non-ortho nitro benzene ring substituents is 1. The number of methoxy groups -OCH3 is 2. The maximum absolute atomic E-state index is 12.7. The predicted octanol–water partition coefficient (Wildman–Crippen LogP) is 5.14. The molecule has 0 aliphatic rings. The topological polar surface area (TPSA) is 126 Å². The third-order valence-corrected chi connectivity index (χ3v) is 5.12. The van der Waals surface area contributed by atoms with Gasteiger partial charge in [-0.3, -0.25) is 10.1 Å². The first kappa shape index (κ1) is 23.0. The number of rotatable bonds is 8. The number of nitrogens with one attached hydrogen (secondary N) is 1. The molecule has 0 saturated heterocycles. The summed E-state index contributed by atoms with van der Waals surface area (Å²) in [4.78, 5) is 30.8. The van der Waals surface area contributed by atoms with E-state index in [9.17, 15) is 14.9 Å². The number of carbonyl (C=O) groups is 1. The number of hydrogen-bond donors (Lipinski definition) is 1. The van der Waals surface area contributed by atoms with Crippen LogP contribution in [0.2, 0.25) is 0 Å². The van der Waals surface area contributed by atoms with Crippen LogP contribution in [0.15, 0.2) is 42.6 Å². The molecule has 0 saturated carbocycles. The smallest absolute Gasteiger partial charge is 0.357 e. The zero-order valence-corrected chi connectivity index (χ0v) is 19.1. The van der Waals surface area contributed by atoms with E-state index in [-0.39, 0.29) is 29.8 Å². The second-order valence-electron chi connectivity index (χ2n) is 7.79. The van der Waals surface area contributed by atoms with Gasteiger partial charge >= 0.3 is 5.97 Å². The van der Waals surface area contributed by atoms with Gasteiger partial charge in [0.25, 0.3) is 5.69 Å². The number of carbonyl (C=O) groups excluding carboxylic acids is 1. The Morgan fingerprint density at radius 3 is 2.59 bits per heavy atom. The zero-order chi connectivity index (χ0) is 24.4. The van der Waals surface area contributed by atoms with Gasteiger partial charge in [0.2, 0.25) is 0 Å². The number of pyridine rings is 1. The highest BCUT2D eigenvalue weighted by atomic mass is 16.6. The summed E-state index contributed by atoms with van der Waals surface area (Å²) in [6.45, 7) is 3.70. The third kappa shape index (κ3) is 4.35. The molecule has 4 aromatic rings. The van der Waals surface area contributed by atoms with Crippen molar-refractivity contribution in [1.29, 1.82) is 0 Å². The van der Waals surface area contributed by atoms with Crippen LogP contribution in [-0.4, -0.2) is 41.2 Å². The minimum Gasteiger partial charge on any atom is -0.493 e. The molecule has 2 aromatic carbocycles. The molecule has 0 radical (unpaired) electrons.